The minimum absolute atomic E-state index is 0.0222. The number of morpholine rings is 1. The zero-order valence-electron chi connectivity index (χ0n) is 15.6. The summed E-state index contributed by atoms with van der Waals surface area (Å²) in [5.41, 5.74) is 0.665. The van der Waals surface area contributed by atoms with Crippen LogP contribution in [0.4, 0.5) is 10.6 Å². The molecule has 10 nitrogen and oxygen atoms in total. The zero-order chi connectivity index (χ0) is 19.2. The highest BCUT2D eigenvalue weighted by Gasteiger charge is 2.37. The average molecular weight is 396 g/mol. The Morgan fingerprint density at radius 3 is 2.59 bits per heavy atom. The van der Waals surface area contributed by atoms with Gasteiger partial charge in [0.25, 0.3) is 0 Å². The van der Waals surface area contributed by atoms with Gasteiger partial charge in [-0.25, -0.2) is 9.48 Å². The van der Waals surface area contributed by atoms with E-state index >= 15 is 0 Å². The lowest BCUT2D eigenvalue weighted by Gasteiger charge is -2.39. The lowest BCUT2D eigenvalue weighted by Crippen LogP contribution is -2.52. The number of hydrogen-bond donors (Lipinski definition) is 0. The van der Waals surface area contributed by atoms with Gasteiger partial charge in [0.2, 0.25) is 5.28 Å². The number of anilines is 1. The highest BCUT2D eigenvalue weighted by atomic mass is 35.5. The number of nitrogens with zero attached hydrogens (tertiary/aromatic N) is 7. The number of ether oxygens (including phenoxy) is 2. The van der Waals surface area contributed by atoms with Crippen LogP contribution in [0.5, 0.6) is 0 Å². The second-order valence-corrected chi connectivity index (χ2v) is 8.00. The van der Waals surface area contributed by atoms with Crippen LogP contribution >= 0.6 is 11.6 Å². The molecule has 0 saturated carbocycles. The van der Waals surface area contributed by atoms with Crippen molar-refractivity contribution < 1.29 is 14.3 Å². The molecular formula is C16H22ClN7O3. The molecule has 2 fully saturated rings. The van der Waals surface area contributed by atoms with Crippen molar-refractivity contribution in [1.29, 1.82) is 0 Å². The van der Waals surface area contributed by atoms with Crippen molar-refractivity contribution in [2.45, 2.75) is 32.4 Å². The van der Waals surface area contributed by atoms with Crippen molar-refractivity contribution in [3.8, 4) is 0 Å². The minimum atomic E-state index is -0.518. The van der Waals surface area contributed by atoms with Crippen molar-refractivity contribution in [1.82, 2.24) is 29.9 Å². The smallest absolute Gasteiger partial charge is 0.410 e. The molecule has 0 radical (unpaired) electrons. The van der Waals surface area contributed by atoms with Crippen LogP contribution in [0.2, 0.25) is 5.28 Å². The molecule has 0 unspecified atom stereocenters. The number of carbonyl (C=O) groups excluding carboxylic acids is 1. The van der Waals surface area contributed by atoms with Crippen LogP contribution in [0.3, 0.4) is 0 Å². The maximum Gasteiger partial charge on any atom is 0.410 e. The van der Waals surface area contributed by atoms with Gasteiger partial charge in [0.1, 0.15) is 5.60 Å². The number of halogens is 1. The van der Waals surface area contributed by atoms with E-state index in [-0.39, 0.29) is 17.4 Å². The number of fused-ring (bicyclic) bond motifs is 1. The summed E-state index contributed by atoms with van der Waals surface area (Å²) in [5.74, 6) is 0.669. The summed E-state index contributed by atoms with van der Waals surface area (Å²) in [4.78, 5) is 24.5. The van der Waals surface area contributed by atoms with Gasteiger partial charge >= 0.3 is 6.09 Å². The molecule has 2 aliphatic heterocycles. The summed E-state index contributed by atoms with van der Waals surface area (Å²) in [6.07, 6.45) is -0.329. The van der Waals surface area contributed by atoms with E-state index in [9.17, 15) is 4.79 Å². The van der Waals surface area contributed by atoms with E-state index in [1.54, 1.807) is 9.58 Å². The third-order valence-electron chi connectivity index (χ3n) is 4.45. The number of likely N-dealkylation sites (tertiary alicyclic amines) is 1. The third-order valence-corrected chi connectivity index (χ3v) is 4.62. The van der Waals surface area contributed by atoms with Gasteiger partial charge in [0.15, 0.2) is 17.0 Å². The van der Waals surface area contributed by atoms with Crippen LogP contribution in [0.25, 0.3) is 11.2 Å². The maximum atomic E-state index is 12.1. The molecule has 0 bridgehead atoms. The van der Waals surface area contributed by atoms with Crippen LogP contribution in [-0.4, -0.2) is 80.9 Å². The van der Waals surface area contributed by atoms with Gasteiger partial charge in [0, 0.05) is 26.2 Å². The molecule has 0 aromatic carbocycles. The molecule has 2 aliphatic rings. The standard InChI is InChI=1S/C16H22ClN7O3/c1-16(2,3)27-15(25)23-8-10(9-23)24-13-11(20-21-24)12(18-14(17)19-13)22-4-6-26-7-5-22/h10H,4-9H2,1-3H3. The van der Waals surface area contributed by atoms with Gasteiger partial charge in [-0.15, -0.1) is 5.10 Å². The lowest BCUT2D eigenvalue weighted by molar-refractivity contribution is -0.000149. The van der Waals surface area contributed by atoms with Gasteiger partial charge < -0.3 is 19.3 Å². The van der Waals surface area contributed by atoms with Gasteiger partial charge in [-0.3, -0.25) is 0 Å². The number of rotatable bonds is 2. The Morgan fingerprint density at radius 1 is 1.22 bits per heavy atom. The number of aromatic nitrogens is 5. The second-order valence-electron chi connectivity index (χ2n) is 7.66. The average Bonchev–Trinajstić information content (AvgIpc) is 2.95. The number of hydrogen-bond acceptors (Lipinski definition) is 8. The Kier molecular flexibility index (Phi) is 4.55. The number of carbonyl (C=O) groups is 1. The molecule has 2 saturated heterocycles. The molecule has 0 spiro atoms. The Balaban J connectivity index is 1.54. The highest BCUT2D eigenvalue weighted by Crippen LogP contribution is 2.29. The van der Waals surface area contributed by atoms with Crippen molar-refractivity contribution in [2.24, 2.45) is 0 Å². The maximum absolute atomic E-state index is 12.1. The van der Waals surface area contributed by atoms with E-state index in [1.165, 1.54) is 0 Å². The molecule has 4 heterocycles. The summed E-state index contributed by atoms with van der Waals surface area (Å²) >= 11 is 6.16. The molecular weight excluding hydrogens is 374 g/mol. The largest absolute Gasteiger partial charge is 0.444 e. The highest BCUT2D eigenvalue weighted by molar-refractivity contribution is 6.28. The zero-order valence-corrected chi connectivity index (χ0v) is 16.3. The second kappa shape index (κ2) is 6.75. The first-order valence-corrected chi connectivity index (χ1v) is 9.29. The first-order valence-electron chi connectivity index (χ1n) is 8.91. The summed E-state index contributed by atoms with van der Waals surface area (Å²) in [6.45, 7) is 9.20. The van der Waals surface area contributed by atoms with E-state index in [0.29, 0.717) is 56.4 Å². The van der Waals surface area contributed by atoms with E-state index in [0.717, 1.165) is 0 Å². The van der Waals surface area contributed by atoms with Gasteiger partial charge in [-0.05, 0) is 32.4 Å². The predicted octanol–water partition coefficient (Wildman–Crippen LogP) is 1.50. The van der Waals surface area contributed by atoms with E-state index < -0.39 is 5.60 Å². The van der Waals surface area contributed by atoms with Crippen LogP contribution in [0.1, 0.15) is 26.8 Å². The van der Waals surface area contributed by atoms with E-state index in [4.69, 9.17) is 21.1 Å². The van der Waals surface area contributed by atoms with Gasteiger partial charge in [-0.2, -0.15) is 9.97 Å². The molecule has 11 heteroatoms. The molecule has 27 heavy (non-hydrogen) atoms. The quantitative estimate of drug-likeness (QED) is 0.705. The Bertz CT molecular complexity index is 854. The van der Waals surface area contributed by atoms with Crippen LogP contribution in [0, 0.1) is 0 Å². The van der Waals surface area contributed by atoms with Crippen LogP contribution in [-0.2, 0) is 9.47 Å². The fraction of sp³-hybridized carbons (Fsp3) is 0.688. The van der Waals surface area contributed by atoms with Crippen LogP contribution in [0.15, 0.2) is 0 Å². The molecule has 2 aromatic heterocycles. The first kappa shape index (κ1) is 18.2. The van der Waals surface area contributed by atoms with Gasteiger partial charge in [-0.1, -0.05) is 5.21 Å². The minimum Gasteiger partial charge on any atom is -0.444 e. The topological polar surface area (TPSA) is 98.5 Å². The lowest BCUT2D eigenvalue weighted by atomic mass is 10.1. The van der Waals surface area contributed by atoms with Crippen molar-refractivity contribution in [3.63, 3.8) is 0 Å². The first-order chi connectivity index (χ1) is 12.8. The summed E-state index contributed by atoms with van der Waals surface area (Å²) < 4.78 is 12.5. The van der Waals surface area contributed by atoms with Crippen molar-refractivity contribution >= 4 is 34.7 Å². The summed E-state index contributed by atoms with van der Waals surface area (Å²) in [7, 11) is 0. The molecule has 1 amide bonds. The van der Waals surface area contributed by atoms with E-state index in [2.05, 4.69) is 25.2 Å². The molecule has 0 aliphatic carbocycles. The van der Waals surface area contributed by atoms with Gasteiger partial charge in [0.05, 0.1) is 19.3 Å². The van der Waals surface area contributed by atoms with Crippen molar-refractivity contribution in [3.05, 3.63) is 5.28 Å². The molecule has 0 N–H and O–H groups in total. The fourth-order valence-electron chi connectivity index (χ4n) is 3.12. The third kappa shape index (κ3) is 3.63. The Hall–Kier alpha value is -2.20. The van der Waals surface area contributed by atoms with Crippen molar-refractivity contribution in [2.75, 3.05) is 44.3 Å². The fourth-order valence-corrected chi connectivity index (χ4v) is 3.28. The summed E-state index contributed by atoms with van der Waals surface area (Å²) in [6, 6.07) is -0.0222. The normalized spacial score (nSPS) is 18.7. The monoisotopic (exact) mass is 395 g/mol. The predicted molar refractivity (Wildman–Crippen MR) is 98.0 cm³/mol. The SMILES string of the molecule is CC(C)(C)OC(=O)N1CC(n2nnc3c(N4CCOCC4)nc(Cl)nc32)C1. The molecule has 0 atom stereocenters. The van der Waals surface area contributed by atoms with E-state index in [1.807, 2.05) is 20.8 Å². The Labute approximate surface area is 161 Å². The molecule has 4 rings (SSSR count). The molecule has 146 valence electrons. The Morgan fingerprint density at radius 2 is 1.93 bits per heavy atom. The molecule has 2 aromatic rings. The number of amides is 1. The van der Waals surface area contributed by atoms with Crippen LogP contribution < -0.4 is 4.90 Å². The summed E-state index contributed by atoms with van der Waals surface area (Å²) in [5, 5.41) is 8.68.